The minimum absolute atomic E-state index is 0.0996. The first-order valence-electron chi connectivity index (χ1n) is 8.60. The number of carboxylic acid groups (broad SMARTS) is 1. The molecule has 0 saturated carbocycles. The summed E-state index contributed by atoms with van der Waals surface area (Å²) in [5.74, 6) is -0.232. The predicted octanol–water partition coefficient (Wildman–Crippen LogP) is 4.44. The maximum Gasteiger partial charge on any atom is 0.337 e. The van der Waals surface area contributed by atoms with E-state index in [9.17, 15) is 9.59 Å². The number of amides is 1. The highest BCUT2D eigenvalue weighted by Gasteiger charge is 2.32. The van der Waals surface area contributed by atoms with Gasteiger partial charge in [0.05, 0.1) is 17.0 Å². The number of carboxylic acids is 1. The van der Waals surface area contributed by atoms with E-state index in [1.54, 1.807) is 29.2 Å². The summed E-state index contributed by atoms with van der Waals surface area (Å²) in [5.41, 5.74) is 1.61. The number of benzene rings is 1. The van der Waals surface area contributed by atoms with E-state index in [4.69, 9.17) is 21.7 Å². The number of hydrogen-bond donors (Lipinski definition) is 1. The molecular formula is C21H14N2O4S2. The zero-order valence-corrected chi connectivity index (χ0v) is 16.6. The Bertz CT molecular complexity index is 1120. The summed E-state index contributed by atoms with van der Waals surface area (Å²) in [4.78, 5) is 29.8. The van der Waals surface area contributed by atoms with Crippen LogP contribution in [0.3, 0.4) is 0 Å². The highest BCUT2D eigenvalue weighted by molar-refractivity contribution is 8.26. The molecule has 0 spiro atoms. The van der Waals surface area contributed by atoms with E-state index in [2.05, 4.69) is 4.98 Å². The molecule has 8 heteroatoms. The van der Waals surface area contributed by atoms with Gasteiger partial charge in [0.15, 0.2) is 5.76 Å². The van der Waals surface area contributed by atoms with E-state index >= 15 is 0 Å². The first kappa shape index (κ1) is 19.1. The van der Waals surface area contributed by atoms with Crippen molar-refractivity contribution in [1.82, 2.24) is 9.88 Å². The molecule has 144 valence electrons. The number of carbonyl (C=O) groups excluding carboxylic acids is 1. The zero-order valence-electron chi connectivity index (χ0n) is 14.9. The SMILES string of the molecule is O=C(O)c1ccc(-c2ccc(/C=C3\SC(=S)N(Cc4ccccc4)C3=O)o2)nc1. The molecule has 0 aliphatic carbocycles. The van der Waals surface area contributed by atoms with Crippen LogP contribution in [0, 0.1) is 0 Å². The van der Waals surface area contributed by atoms with Crippen LogP contribution in [-0.4, -0.2) is 31.2 Å². The first-order chi connectivity index (χ1) is 14.0. The molecular weight excluding hydrogens is 408 g/mol. The maximum absolute atomic E-state index is 12.7. The van der Waals surface area contributed by atoms with Gasteiger partial charge in [-0.2, -0.15) is 0 Å². The predicted molar refractivity (Wildman–Crippen MR) is 114 cm³/mol. The summed E-state index contributed by atoms with van der Waals surface area (Å²) in [6.45, 7) is 0.423. The van der Waals surface area contributed by atoms with Gasteiger partial charge in [0, 0.05) is 12.3 Å². The van der Waals surface area contributed by atoms with E-state index < -0.39 is 5.97 Å². The molecule has 1 aliphatic heterocycles. The van der Waals surface area contributed by atoms with Gasteiger partial charge in [0.25, 0.3) is 5.91 Å². The third kappa shape index (κ3) is 4.13. The molecule has 1 N–H and O–H groups in total. The number of rotatable bonds is 5. The van der Waals surface area contributed by atoms with Crippen LogP contribution in [0.2, 0.25) is 0 Å². The molecule has 0 radical (unpaired) electrons. The fourth-order valence-electron chi connectivity index (χ4n) is 2.77. The van der Waals surface area contributed by atoms with E-state index in [1.165, 1.54) is 24.0 Å². The molecule has 29 heavy (non-hydrogen) atoms. The Hall–Kier alpha value is -3.23. The lowest BCUT2D eigenvalue weighted by molar-refractivity contribution is -0.122. The number of hydrogen-bond acceptors (Lipinski definition) is 6. The number of pyridine rings is 1. The minimum atomic E-state index is -1.04. The number of furan rings is 1. The summed E-state index contributed by atoms with van der Waals surface area (Å²) in [7, 11) is 0. The minimum Gasteiger partial charge on any atom is -0.478 e. The molecule has 0 atom stereocenters. The van der Waals surface area contributed by atoms with Gasteiger partial charge in [-0.05, 0) is 29.8 Å². The summed E-state index contributed by atoms with van der Waals surface area (Å²) in [6.07, 6.45) is 2.92. The second-order valence-corrected chi connectivity index (χ2v) is 7.87. The van der Waals surface area contributed by atoms with Crippen LogP contribution >= 0.6 is 24.0 Å². The zero-order chi connectivity index (χ0) is 20.4. The van der Waals surface area contributed by atoms with Crippen LogP contribution in [0.1, 0.15) is 21.7 Å². The normalized spacial score (nSPS) is 15.3. The number of aromatic nitrogens is 1. The van der Waals surface area contributed by atoms with Gasteiger partial charge < -0.3 is 9.52 Å². The van der Waals surface area contributed by atoms with Crippen LogP contribution < -0.4 is 0 Å². The average molecular weight is 422 g/mol. The smallest absolute Gasteiger partial charge is 0.337 e. The molecule has 1 aromatic carbocycles. The molecule has 1 fully saturated rings. The highest BCUT2D eigenvalue weighted by atomic mass is 32.2. The lowest BCUT2D eigenvalue weighted by Crippen LogP contribution is -2.27. The molecule has 3 aromatic rings. The number of carbonyl (C=O) groups is 2. The molecule has 2 aromatic heterocycles. The molecule has 4 rings (SSSR count). The summed E-state index contributed by atoms with van der Waals surface area (Å²) < 4.78 is 6.26. The summed E-state index contributed by atoms with van der Waals surface area (Å²) >= 11 is 6.60. The Morgan fingerprint density at radius 1 is 1.17 bits per heavy atom. The molecule has 6 nitrogen and oxygen atoms in total. The number of thioether (sulfide) groups is 1. The number of thiocarbonyl (C=S) groups is 1. The lowest BCUT2D eigenvalue weighted by atomic mass is 10.2. The fourth-order valence-corrected chi connectivity index (χ4v) is 4.00. The van der Waals surface area contributed by atoms with Crippen LogP contribution in [0.5, 0.6) is 0 Å². The Balaban J connectivity index is 1.52. The van der Waals surface area contributed by atoms with Gasteiger partial charge in [0.1, 0.15) is 15.8 Å². The van der Waals surface area contributed by atoms with Crippen LogP contribution in [-0.2, 0) is 11.3 Å². The Kier molecular flexibility index (Phi) is 5.28. The molecule has 3 heterocycles. The first-order valence-corrected chi connectivity index (χ1v) is 9.82. The van der Waals surface area contributed by atoms with Crippen molar-refractivity contribution in [3.05, 3.63) is 82.6 Å². The lowest BCUT2D eigenvalue weighted by Gasteiger charge is -2.14. The van der Waals surface area contributed by atoms with Crippen molar-refractivity contribution >= 4 is 46.3 Å². The quantitative estimate of drug-likeness (QED) is 0.481. The largest absolute Gasteiger partial charge is 0.478 e. The molecule has 0 bridgehead atoms. The van der Waals surface area contributed by atoms with Crippen molar-refractivity contribution in [2.45, 2.75) is 6.54 Å². The van der Waals surface area contributed by atoms with Gasteiger partial charge in [0.2, 0.25) is 0 Å². The topological polar surface area (TPSA) is 83.6 Å². The third-order valence-electron chi connectivity index (χ3n) is 4.22. The summed E-state index contributed by atoms with van der Waals surface area (Å²) in [5, 5.41) is 8.95. The van der Waals surface area contributed by atoms with Crippen molar-refractivity contribution in [3.8, 4) is 11.5 Å². The average Bonchev–Trinajstić information content (AvgIpc) is 3.29. The van der Waals surface area contributed by atoms with E-state index in [1.807, 2.05) is 30.3 Å². The monoisotopic (exact) mass is 422 g/mol. The third-order valence-corrected chi connectivity index (χ3v) is 5.60. The highest BCUT2D eigenvalue weighted by Crippen LogP contribution is 2.34. The van der Waals surface area contributed by atoms with Crippen molar-refractivity contribution in [2.24, 2.45) is 0 Å². The molecule has 1 aliphatic rings. The number of aromatic carboxylic acids is 1. The Labute approximate surface area is 175 Å². The van der Waals surface area contributed by atoms with Gasteiger partial charge in [-0.3, -0.25) is 14.7 Å². The maximum atomic E-state index is 12.7. The van der Waals surface area contributed by atoms with Gasteiger partial charge >= 0.3 is 5.97 Å². The van der Waals surface area contributed by atoms with Crippen LogP contribution in [0.15, 0.2) is 70.1 Å². The van der Waals surface area contributed by atoms with E-state index in [0.29, 0.717) is 33.0 Å². The van der Waals surface area contributed by atoms with Crippen molar-refractivity contribution in [1.29, 1.82) is 0 Å². The molecule has 1 saturated heterocycles. The van der Waals surface area contributed by atoms with Crippen molar-refractivity contribution < 1.29 is 19.1 Å². The number of nitrogens with zero attached hydrogens (tertiary/aromatic N) is 2. The van der Waals surface area contributed by atoms with Crippen molar-refractivity contribution in [2.75, 3.05) is 0 Å². The molecule has 1 amide bonds. The van der Waals surface area contributed by atoms with Gasteiger partial charge in [-0.1, -0.05) is 54.3 Å². The standard InChI is InChI=1S/C21H14N2O4S2/c24-19-18(29-21(28)23(19)12-13-4-2-1-3-5-13)10-15-7-9-17(27-15)16-8-6-14(11-22-16)20(25)26/h1-11H,12H2,(H,25,26)/b18-10-. The fraction of sp³-hybridized carbons (Fsp3) is 0.0476. The van der Waals surface area contributed by atoms with E-state index in [0.717, 1.165) is 5.56 Å². The van der Waals surface area contributed by atoms with Gasteiger partial charge in [-0.15, -0.1) is 0 Å². The van der Waals surface area contributed by atoms with Crippen LogP contribution in [0.25, 0.3) is 17.5 Å². The second kappa shape index (κ2) is 8.02. The Morgan fingerprint density at radius 2 is 1.97 bits per heavy atom. The van der Waals surface area contributed by atoms with Crippen molar-refractivity contribution in [3.63, 3.8) is 0 Å². The van der Waals surface area contributed by atoms with Gasteiger partial charge in [-0.25, -0.2) is 4.79 Å². The second-order valence-electron chi connectivity index (χ2n) is 6.19. The van der Waals surface area contributed by atoms with Crippen LogP contribution in [0.4, 0.5) is 0 Å². The van der Waals surface area contributed by atoms with E-state index in [-0.39, 0.29) is 11.5 Å². The Morgan fingerprint density at radius 3 is 2.66 bits per heavy atom. The summed E-state index contributed by atoms with van der Waals surface area (Å²) in [6, 6.07) is 16.1. The molecule has 0 unspecified atom stereocenters.